The van der Waals surface area contributed by atoms with E-state index in [0.29, 0.717) is 0 Å². The number of benzene rings is 12. The molecule has 0 saturated heterocycles. The lowest BCUT2D eigenvalue weighted by atomic mass is 9.67. The molecule has 0 bridgehead atoms. The Morgan fingerprint density at radius 1 is 0.274 bits per heavy atom. The molecule has 2 heteroatoms. The lowest BCUT2D eigenvalue weighted by Gasteiger charge is -2.34. The molecule has 12 aromatic carbocycles. The van der Waals surface area contributed by atoms with Crippen molar-refractivity contribution in [3.63, 3.8) is 0 Å². The van der Waals surface area contributed by atoms with Gasteiger partial charge in [-0.1, -0.05) is 224 Å². The summed E-state index contributed by atoms with van der Waals surface area (Å²) >= 11 is 1.86. The summed E-state index contributed by atoms with van der Waals surface area (Å²) in [7, 11) is 0. The average molecular weight is 946 g/mol. The van der Waals surface area contributed by atoms with Gasteiger partial charge in [0.15, 0.2) is 0 Å². The second-order valence-corrected chi connectivity index (χ2v) is 20.2. The molecule has 14 rings (SSSR count). The van der Waals surface area contributed by atoms with E-state index in [4.69, 9.17) is 0 Å². The van der Waals surface area contributed by atoms with E-state index in [1.807, 2.05) is 11.3 Å². The Bertz CT molecular complexity index is 4140. The minimum atomic E-state index is -0.463. The molecule has 0 fully saturated rings. The predicted molar refractivity (Wildman–Crippen MR) is 311 cm³/mol. The van der Waals surface area contributed by atoms with Crippen LogP contribution in [0.25, 0.3) is 86.6 Å². The zero-order chi connectivity index (χ0) is 48.3. The standard InChI is InChI=1S/C71H47NS/c1-3-22-55(23-4-1)71(56-24-5-2-6-25-56)66-32-11-9-28-63(66)64-44-39-53(47-67(64)71)48-35-40-57(41-36-48)72(58-42-37-50(38-43-58)62-31-16-34-69-70(62)65-29-10-12-33-68(65)73-69)59-26-14-20-52(46-59)51-19-13-21-54(45-51)61-30-15-18-49-17-7-8-27-60(49)61/h1-47H. The van der Waals surface area contributed by atoms with Crippen molar-refractivity contribution >= 4 is 59.3 Å². The highest BCUT2D eigenvalue weighted by atomic mass is 32.1. The number of hydrogen-bond acceptors (Lipinski definition) is 2. The average Bonchev–Trinajstić information content (AvgIpc) is 4.00. The normalized spacial score (nSPS) is 12.5. The van der Waals surface area contributed by atoms with E-state index in [2.05, 4.69) is 290 Å². The molecule has 1 aromatic heterocycles. The maximum absolute atomic E-state index is 2.45. The minimum absolute atomic E-state index is 0.463. The van der Waals surface area contributed by atoms with Crippen molar-refractivity contribution < 1.29 is 0 Å². The second kappa shape index (κ2) is 17.6. The first-order valence-electron chi connectivity index (χ1n) is 25.1. The largest absolute Gasteiger partial charge is 0.310 e. The molecule has 1 nitrogen and oxygen atoms in total. The lowest BCUT2D eigenvalue weighted by molar-refractivity contribution is 0.769. The zero-order valence-corrected chi connectivity index (χ0v) is 40.8. The van der Waals surface area contributed by atoms with Crippen molar-refractivity contribution in [1.82, 2.24) is 0 Å². The first-order valence-corrected chi connectivity index (χ1v) is 26.0. The van der Waals surface area contributed by atoms with Gasteiger partial charge >= 0.3 is 0 Å². The Morgan fingerprint density at radius 3 is 1.58 bits per heavy atom. The first-order chi connectivity index (χ1) is 36.2. The van der Waals surface area contributed by atoms with Gasteiger partial charge in [0.05, 0.1) is 5.41 Å². The zero-order valence-electron chi connectivity index (χ0n) is 40.0. The van der Waals surface area contributed by atoms with Gasteiger partial charge < -0.3 is 4.90 Å². The van der Waals surface area contributed by atoms with Crippen LogP contribution >= 0.6 is 11.3 Å². The van der Waals surface area contributed by atoms with E-state index < -0.39 is 5.41 Å². The number of fused-ring (bicyclic) bond motifs is 7. The first kappa shape index (κ1) is 42.8. The van der Waals surface area contributed by atoms with Crippen LogP contribution in [0.1, 0.15) is 22.3 Å². The smallest absolute Gasteiger partial charge is 0.0713 e. The SMILES string of the molecule is c1ccc(C2(c3ccccc3)c3ccccc3-c3ccc(-c4ccc(N(c5ccc(-c6cccc7sc8ccccc8c67)cc5)c5cccc(-c6cccc(-c7cccc8ccccc78)c6)c5)cc4)cc32)cc1. The van der Waals surface area contributed by atoms with Crippen molar-refractivity contribution in [2.24, 2.45) is 0 Å². The molecule has 0 saturated carbocycles. The summed E-state index contributed by atoms with van der Waals surface area (Å²) in [4.78, 5) is 2.40. The molecule has 73 heavy (non-hydrogen) atoms. The number of thiophene rings is 1. The number of rotatable bonds is 9. The molecule has 1 aliphatic carbocycles. The number of nitrogens with zero attached hydrogens (tertiary/aromatic N) is 1. The van der Waals surface area contributed by atoms with Crippen LogP contribution in [0.3, 0.4) is 0 Å². The van der Waals surface area contributed by atoms with Crippen LogP contribution in [0.4, 0.5) is 17.1 Å². The van der Waals surface area contributed by atoms with Gasteiger partial charge in [-0.3, -0.25) is 0 Å². The summed E-state index contributed by atoms with van der Waals surface area (Å²) in [5.74, 6) is 0. The van der Waals surface area contributed by atoms with Gasteiger partial charge in [0.25, 0.3) is 0 Å². The Kier molecular flexibility index (Phi) is 10.3. The quantitative estimate of drug-likeness (QED) is 0.139. The third kappa shape index (κ3) is 7.13. The molecular weight excluding hydrogens is 899 g/mol. The topological polar surface area (TPSA) is 3.24 Å². The van der Waals surface area contributed by atoms with Crippen LogP contribution in [0.15, 0.2) is 285 Å². The Morgan fingerprint density at radius 2 is 0.795 bits per heavy atom. The van der Waals surface area contributed by atoms with Crippen LogP contribution in [0.2, 0.25) is 0 Å². The van der Waals surface area contributed by atoms with Crippen molar-refractivity contribution in [1.29, 1.82) is 0 Å². The fourth-order valence-corrected chi connectivity index (χ4v) is 13.0. The molecule has 0 atom stereocenters. The minimum Gasteiger partial charge on any atom is -0.310 e. The maximum Gasteiger partial charge on any atom is 0.0713 e. The second-order valence-electron chi connectivity index (χ2n) is 19.2. The third-order valence-electron chi connectivity index (χ3n) is 15.2. The molecule has 0 aliphatic heterocycles. The maximum atomic E-state index is 2.45. The predicted octanol–water partition coefficient (Wildman–Crippen LogP) is 19.7. The summed E-state index contributed by atoms with van der Waals surface area (Å²) < 4.78 is 2.62. The highest BCUT2D eigenvalue weighted by Gasteiger charge is 2.46. The molecule has 342 valence electrons. The number of anilines is 3. The number of hydrogen-bond donors (Lipinski definition) is 0. The van der Waals surface area contributed by atoms with Crippen molar-refractivity contribution in [2.75, 3.05) is 4.90 Å². The summed E-state index contributed by atoms with van der Waals surface area (Å²) in [6, 6.07) is 105. The van der Waals surface area contributed by atoms with E-state index >= 15 is 0 Å². The van der Waals surface area contributed by atoms with Crippen molar-refractivity contribution in [3.05, 3.63) is 307 Å². The molecule has 13 aromatic rings. The van der Waals surface area contributed by atoms with Crippen LogP contribution < -0.4 is 4.90 Å². The van der Waals surface area contributed by atoms with E-state index in [-0.39, 0.29) is 0 Å². The van der Waals surface area contributed by atoms with Gasteiger partial charge in [0, 0.05) is 37.2 Å². The van der Waals surface area contributed by atoms with E-state index in [1.165, 1.54) is 103 Å². The van der Waals surface area contributed by atoms with Crippen LogP contribution in [0, 0.1) is 0 Å². The summed E-state index contributed by atoms with van der Waals surface area (Å²) in [5.41, 5.74) is 20.1. The molecule has 0 N–H and O–H groups in total. The van der Waals surface area contributed by atoms with Gasteiger partial charge in [0.1, 0.15) is 0 Å². The van der Waals surface area contributed by atoms with Crippen LogP contribution in [-0.4, -0.2) is 0 Å². The Labute approximate surface area is 430 Å². The monoisotopic (exact) mass is 945 g/mol. The van der Waals surface area contributed by atoms with E-state index in [0.717, 1.165) is 22.6 Å². The van der Waals surface area contributed by atoms with Gasteiger partial charge in [0.2, 0.25) is 0 Å². The summed E-state index contributed by atoms with van der Waals surface area (Å²) in [5, 5.41) is 5.13. The summed E-state index contributed by atoms with van der Waals surface area (Å²) in [6.07, 6.45) is 0. The fraction of sp³-hybridized carbons (Fsp3) is 0.0141. The third-order valence-corrected chi connectivity index (χ3v) is 16.3. The van der Waals surface area contributed by atoms with Gasteiger partial charge in [-0.25, -0.2) is 0 Å². The van der Waals surface area contributed by atoms with Crippen molar-refractivity contribution in [3.8, 4) is 55.6 Å². The van der Waals surface area contributed by atoms with Gasteiger partial charge in [-0.15, -0.1) is 11.3 Å². The molecule has 1 aliphatic rings. The fourth-order valence-electron chi connectivity index (χ4n) is 11.8. The van der Waals surface area contributed by atoms with Gasteiger partial charge in [-0.2, -0.15) is 0 Å². The molecule has 0 radical (unpaired) electrons. The molecule has 0 amide bonds. The lowest BCUT2D eigenvalue weighted by Crippen LogP contribution is -2.28. The van der Waals surface area contributed by atoms with E-state index in [1.54, 1.807) is 0 Å². The van der Waals surface area contributed by atoms with Crippen LogP contribution in [0.5, 0.6) is 0 Å². The van der Waals surface area contributed by atoms with Crippen molar-refractivity contribution in [2.45, 2.75) is 5.41 Å². The highest BCUT2D eigenvalue weighted by Crippen LogP contribution is 2.57. The molecule has 0 spiro atoms. The molecule has 0 unspecified atom stereocenters. The Balaban J connectivity index is 0.882. The van der Waals surface area contributed by atoms with Gasteiger partial charge in [-0.05, 0) is 149 Å². The summed E-state index contributed by atoms with van der Waals surface area (Å²) in [6.45, 7) is 0. The highest BCUT2D eigenvalue weighted by molar-refractivity contribution is 7.25. The van der Waals surface area contributed by atoms with E-state index in [9.17, 15) is 0 Å². The van der Waals surface area contributed by atoms with Crippen LogP contribution in [-0.2, 0) is 5.41 Å². The Hall–Kier alpha value is -9.08. The molecule has 1 heterocycles. The molecular formula is C71H47NS.